The fourth-order valence-corrected chi connectivity index (χ4v) is 1.61. The molecule has 0 heterocycles. The van der Waals surface area contributed by atoms with Crippen LogP contribution in [-0.4, -0.2) is 17.2 Å². The number of halogens is 2. The predicted molar refractivity (Wildman–Crippen MR) is 56.2 cm³/mol. The number of benzene rings is 1. The Hall–Kier alpha value is -1.29. The van der Waals surface area contributed by atoms with Crippen molar-refractivity contribution in [1.82, 2.24) is 0 Å². The molecule has 5 heteroatoms. The largest absolute Gasteiger partial charge is 0.478 e. The number of hydrogen-bond acceptors (Lipinski definition) is 2. The SMILES string of the molecule is O=C(O)C(Oc1ccc(F)c(Cl)c1)C1CC1. The van der Waals surface area contributed by atoms with Crippen LogP contribution in [0.25, 0.3) is 0 Å². The van der Waals surface area contributed by atoms with E-state index in [1.807, 2.05) is 0 Å². The second kappa shape index (κ2) is 4.29. The van der Waals surface area contributed by atoms with Crippen LogP contribution >= 0.6 is 11.6 Å². The van der Waals surface area contributed by atoms with Crippen LogP contribution in [-0.2, 0) is 4.79 Å². The second-order valence-electron chi connectivity index (χ2n) is 3.79. The average Bonchev–Trinajstić information content (AvgIpc) is 3.03. The molecule has 1 saturated carbocycles. The lowest BCUT2D eigenvalue weighted by molar-refractivity contribution is -0.146. The van der Waals surface area contributed by atoms with E-state index in [9.17, 15) is 9.18 Å². The van der Waals surface area contributed by atoms with E-state index < -0.39 is 17.9 Å². The van der Waals surface area contributed by atoms with Crippen LogP contribution in [0.3, 0.4) is 0 Å². The first kappa shape index (κ1) is 11.2. The van der Waals surface area contributed by atoms with Crippen LogP contribution in [0.2, 0.25) is 5.02 Å². The highest BCUT2D eigenvalue weighted by Gasteiger charge is 2.38. The van der Waals surface area contributed by atoms with Gasteiger partial charge in [0.15, 0.2) is 6.10 Å². The van der Waals surface area contributed by atoms with Crippen LogP contribution in [0.1, 0.15) is 12.8 Å². The van der Waals surface area contributed by atoms with E-state index in [2.05, 4.69) is 0 Å². The summed E-state index contributed by atoms with van der Waals surface area (Å²) in [5.74, 6) is -1.21. The molecule has 0 aromatic heterocycles. The molecule has 1 unspecified atom stereocenters. The van der Waals surface area contributed by atoms with Gasteiger partial charge in [-0.1, -0.05) is 11.6 Å². The third kappa shape index (κ3) is 2.44. The molecule has 16 heavy (non-hydrogen) atoms. The van der Waals surface area contributed by atoms with Gasteiger partial charge in [-0.05, 0) is 25.0 Å². The van der Waals surface area contributed by atoms with Gasteiger partial charge >= 0.3 is 5.97 Å². The van der Waals surface area contributed by atoms with Crippen LogP contribution in [0.5, 0.6) is 5.75 Å². The van der Waals surface area contributed by atoms with Gasteiger partial charge in [-0.25, -0.2) is 9.18 Å². The van der Waals surface area contributed by atoms with Crippen molar-refractivity contribution in [3.05, 3.63) is 29.0 Å². The summed E-state index contributed by atoms with van der Waals surface area (Å²) in [7, 11) is 0. The molecule has 86 valence electrons. The van der Waals surface area contributed by atoms with Crippen LogP contribution in [0, 0.1) is 11.7 Å². The van der Waals surface area contributed by atoms with Gasteiger partial charge in [-0.3, -0.25) is 0 Å². The number of rotatable bonds is 4. The summed E-state index contributed by atoms with van der Waals surface area (Å²) < 4.78 is 18.1. The number of carboxylic acid groups (broad SMARTS) is 1. The Morgan fingerprint density at radius 2 is 2.25 bits per heavy atom. The molecule has 1 aromatic carbocycles. The lowest BCUT2D eigenvalue weighted by Crippen LogP contribution is -2.29. The second-order valence-corrected chi connectivity index (χ2v) is 4.20. The van der Waals surface area contributed by atoms with Crippen molar-refractivity contribution in [2.24, 2.45) is 5.92 Å². The van der Waals surface area contributed by atoms with Crippen molar-refractivity contribution < 1.29 is 19.0 Å². The molecule has 0 bridgehead atoms. The lowest BCUT2D eigenvalue weighted by atomic mass is 10.2. The highest BCUT2D eigenvalue weighted by molar-refractivity contribution is 6.30. The summed E-state index contributed by atoms with van der Waals surface area (Å²) >= 11 is 5.57. The number of hydrogen-bond donors (Lipinski definition) is 1. The molecule has 1 atom stereocenters. The molecule has 2 rings (SSSR count). The molecule has 0 saturated heterocycles. The molecule has 0 amide bonds. The number of carbonyl (C=O) groups is 1. The van der Waals surface area contributed by atoms with Gasteiger partial charge in [0, 0.05) is 12.0 Å². The summed E-state index contributed by atoms with van der Waals surface area (Å²) in [5, 5.41) is 8.86. The zero-order valence-electron chi connectivity index (χ0n) is 8.32. The Balaban J connectivity index is 2.12. The average molecular weight is 245 g/mol. The maximum absolute atomic E-state index is 12.9. The lowest BCUT2D eigenvalue weighted by Gasteiger charge is -2.14. The molecular formula is C11H10ClFO3. The van der Waals surface area contributed by atoms with Crippen LogP contribution in [0.4, 0.5) is 4.39 Å². The minimum atomic E-state index is -0.997. The molecule has 3 nitrogen and oxygen atoms in total. The summed E-state index contributed by atoms with van der Waals surface area (Å²) in [5.41, 5.74) is 0. The Kier molecular flexibility index (Phi) is 3.01. The molecule has 1 aromatic rings. The van der Waals surface area contributed by atoms with E-state index >= 15 is 0 Å². The molecule has 1 N–H and O–H groups in total. The highest BCUT2D eigenvalue weighted by atomic mass is 35.5. The first-order valence-corrected chi connectivity index (χ1v) is 5.30. The predicted octanol–water partition coefficient (Wildman–Crippen LogP) is 2.72. The van der Waals surface area contributed by atoms with E-state index in [0.29, 0.717) is 0 Å². The minimum absolute atomic E-state index is 0.0568. The van der Waals surface area contributed by atoms with Gasteiger partial charge in [0.05, 0.1) is 5.02 Å². The van der Waals surface area contributed by atoms with Crippen molar-refractivity contribution in [3.63, 3.8) is 0 Å². The summed E-state index contributed by atoms with van der Waals surface area (Å²) in [6.07, 6.45) is 0.846. The van der Waals surface area contributed by atoms with Gasteiger partial charge in [-0.2, -0.15) is 0 Å². The van der Waals surface area contributed by atoms with E-state index in [1.54, 1.807) is 0 Å². The Morgan fingerprint density at radius 3 is 2.75 bits per heavy atom. The third-order valence-corrected chi connectivity index (χ3v) is 2.74. The number of ether oxygens (including phenoxy) is 1. The molecule has 1 aliphatic rings. The Labute approximate surface area is 96.8 Å². The topological polar surface area (TPSA) is 46.5 Å². The van der Waals surface area contributed by atoms with Crippen molar-refractivity contribution in [1.29, 1.82) is 0 Å². The molecule has 1 aliphatic carbocycles. The normalized spacial score (nSPS) is 16.9. The van der Waals surface area contributed by atoms with Gasteiger partial charge < -0.3 is 9.84 Å². The monoisotopic (exact) mass is 244 g/mol. The Bertz CT molecular complexity index is 418. The van der Waals surface area contributed by atoms with Gasteiger partial charge in [0.1, 0.15) is 11.6 Å². The third-order valence-electron chi connectivity index (χ3n) is 2.45. The van der Waals surface area contributed by atoms with E-state index in [4.69, 9.17) is 21.4 Å². The van der Waals surface area contributed by atoms with E-state index in [0.717, 1.165) is 18.9 Å². The van der Waals surface area contributed by atoms with Crippen molar-refractivity contribution in [3.8, 4) is 5.75 Å². The molecule has 0 spiro atoms. The zero-order chi connectivity index (χ0) is 11.7. The fourth-order valence-electron chi connectivity index (χ4n) is 1.44. The maximum Gasteiger partial charge on any atom is 0.345 e. The summed E-state index contributed by atoms with van der Waals surface area (Å²) in [6, 6.07) is 3.82. The Morgan fingerprint density at radius 1 is 1.56 bits per heavy atom. The fraction of sp³-hybridized carbons (Fsp3) is 0.364. The van der Waals surface area contributed by atoms with Crippen LogP contribution in [0.15, 0.2) is 18.2 Å². The summed E-state index contributed by atoms with van der Waals surface area (Å²) in [6.45, 7) is 0. The smallest absolute Gasteiger partial charge is 0.345 e. The van der Waals surface area contributed by atoms with E-state index in [-0.39, 0.29) is 16.7 Å². The van der Waals surface area contributed by atoms with Crippen molar-refractivity contribution >= 4 is 17.6 Å². The highest BCUT2D eigenvalue weighted by Crippen LogP contribution is 2.35. The molecular weight excluding hydrogens is 235 g/mol. The minimum Gasteiger partial charge on any atom is -0.478 e. The standard InChI is InChI=1S/C11H10ClFO3/c12-8-5-7(3-4-9(8)13)16-10(11(14)15)6-1-2-6/h3-6,10H,1-2H2,(H,14,15). The first-order valence-electron chi connectivity index (χ1n) is 4.92. The van der Waals surface area contributed by atoms with Crippen molar-refractivity contribution in [2.45, 2.75) is 18.9 Å². The van der Waals surface area contributed by atoms with E-state index in [1.165, 1.54) is 12.1 Å². The zero-order valence-corrected chi connectivity index (χ0v) is 9.08. The first-order chi connectivity index (χ1) is 7.58. The molecule has 1 fully saturated rings. The van der Waals surface area contributed by atoms with Gasteiger partial charge in [0.2, 0.25) is 0 Å². The van der Waals surface area contributed by atoms with Gasteiger partial charge in [-0.15, -0.1) is 0 Å². The molecule has 0 radical (unpaired) electrons. The van der Waals surface area contributed by atoms with Gasteiger partial charge in [0.25, 0.3) is 0 Å². The number of aliphatic carboxylic acids is 1. The summed E-state index contributed by atoms with van der Waals surface area (Å²) in [4.78, 5) is 10.9. The number of carboxylic acids is 1. The van der Waals surface area contributed by atoms with Crippen molar-refractivity contribution in [2.75, 3.05) is 0 Å². The quantitative estimate of drug-likeness (QED) is 0.886. The maximum atomic E-state index is 12.9. The molecule has 0 aliphatic heterocycles. The van der Waals surface area contributed by atoms with Crippen LogP contribution < -0.4 is 4.74 Å².